The first-order chi connectivity index (χ1) is 10.1. The highest BCUT2D eigenvalue weighted by Gasteiger charge is 2.28. The molecule has 1 aliphatic rings. The van der Waals surface area contributed by atoms with E-state index >= 15 is 0 Å². The van der Waals surface area contributed by atoms with Crippen LogP contribution < -0.4 is 4.74 Å². The lowest BCUT2D eigenvalue weighted by Gasteiger charge is -2.32. The maximum atomic E-state index is 12.4. The normalized spacial score (nSPS) is 15.4. The summed E-state index contributed by atoms with van der Waals surface area (Å²) < 4.78 is 5.59. The average Bonchev–Trinajstić information content (AvgIpc) is 2.99. The third kappa shape index (κ3) is 4.21. The van der Waals surface area contributed by atoms with Gasteiger partial charge in [0.25, 0.3) is 5.91 Å². The zero-order valence-electron chi connectivity index (χ0n) is 12.9. The summed E-state index contributed by atoms with van der Waals surface area (Å²) in [6.45, 7) is 4.22. The lowest BCUT2D eigenvalue weighted by atomic mass is 10.1. The molecule has 0 unspecified atom stereocenters. The molecule has 4 nitrogen and oxygen atoms in total. The van der Waals surface area contributed by atoms with Crippen LogP contribution in [0.25, 0.3) is 0 Å². The number of aliphatic hydroxyl groups excluding tert-OH is 1. The molecule has 1 amide bonds. The van der Waals surface area contributed by atoms with Crippen molar-refractivity contribution in [1.82, 2.24) is 4.90 Å². The molecule has 2 rings (SSSR count). The molecule has 0 aromatic heterocycles. The van der Waals surface area contributed by atoms with Crippen LogP contribution in [0.3, 0.4) is 0 Å². The Balaban J connectivity index is 1.91. The van der Waals surface area contributed by atoms with Gasteiger partial charge in [0, 0.05) is 12.1 Å². The summed E-state index contributed by atoms with van der Waals surface area (Å²) in [6.07, 6.45) is 4.64. The number of amides is 1. The zero-order chi connectivity index (χ0) is 15.2. The molecule has 21 heavy (non-hydrogen) atoms. The summed E-state index contributed by atoms with van der Waals surface area (Å²) in [5.74, 6) is 0.721. The second-order valence-corrected chi connectivity index (χ2v) is 5.92. The fourth-order valence-electron chi connectivity index (χ4n) is 3.01. The molecule has 0 heterocycles. The van der Waals surface area contributed by atoms with Crippen molar-refractivity contribution >= 4 is 5.91 Å². The van der Waals surface area contributed by atoms with E-state index in [9.17, 15) is 4.79 Å². The van der Waals surface area contributed by atoms with Crippen LogP contribution in [0.2, 0.25) is 0 Å². The number of nitrogens with zero attached hydrogens (tertiary/aromatic N) is 1. The number of carbonyl (C=O) groups is 1. The lowest BCUT2D eigenvalue weighted by Crippen LogP contribution is -2.45. The van der Waals surface area contributed by atoms with Gasteiger partial charge in [0.2, 0.25) is 0 Å². The molecule has 0 aliphatic heterocycles. The molecule has 1 saturated carbocycles. The van der Waals surface area contributed by atoms with Gasteiger partial charge in [-0.05, 0) is 44.4 Å². The average molecular weight is 291 g/mol. The van der Waals surface area contributed by atoms with Gasteiger partial charge in [0.05, 0.1) is 6.61 Å². The monoisotopic (exact) mass is 291 g/mol. The Morgan fingerprint density at radius 3 is 2.43 bits per heavy atom. The number of hydrogen-bond donors (Lipinski definition) is 1. The van der Waals surface area contributed by atoms with Crippen LogP contribution in [0.4, 0.5) is 0 Å². The van der Waals surface area contributed by atoms with Gasteiger partial charge in [-0.2, -0.15) is 0 Å². The predicted molar refractivity (Wildman–Crippen MR) is 82.1 cm³/mol. The quantitative estimate of drug-likeness (QED) is 0.876. The Bertz CT molecular complexity index is 450. The molecule has 0 radical (unpaired) electrons. The van der Waals surface area contributed by atoms with Crippen molar-refractivity contribution in [3.8, 4) is 5.75 Å². The van der Waals surface area contributed by atoms with Crippen molar-refractivity contribution in [3.05, 3.63) is 29.8 Å². The molecule has 1 N–H and O–H groups in total. The molecule has 0 bridgehead atoms. The highest BCUT2D eigenvalue weighted by Crippen LogP contribution is 2.25. The predicted octanol–water partition coefficient (Wildman–Crippen LogP) is 2.74. The van der Waals surface area contributed by atoms with Gasteiger partial charge in [-0.3, -0.25) is 4.79 Å². The number of hydrogen-bond acceptors (Lipinski definition) is 3. The fraction of sp³-hybridized carbons (Fsp3) is 0.588. The third-order valence-corrected chi connectivity index (χ3v) is 4.03. The van der Waals surface area contributed by atoms with E-state index < -0.39 is 0 Å². The first-order valence-corrected chi connectivity index (χ1v) is 7.75. The standard InChI is InChI=1S/C17H25NO3/c1-13(2)18(15-5-3-4-6-15)17(20)12-21-16-9-7-14(11-19)8-10-16/h7-10,13,15,19H,3-6,11-12H2,1-2H3. The molecule has 4 heteroatoms. The van der Waals surface area contributed by atoms with Crippen molar-refractivity contribution < 1.29 is 14.6 Å². The number of ether oxygens (including phenoxy) is 1. The molecular formula is C17H25NO3. The highest BCUT2D eigenvalue weighted by molar-refractivity contribution is 5.78. The molecule has 1 aromatic carbocycles. The van der Waals surface area contributed by atoms with Gasteiger partial charge < -0.3 is 14.7 Å². The van der Waals surface area contributed by atoms with E-state index in [-0.39, 0.29) is 25.2 Å². The summed E-state index contributed by atoms with van der Waals surface area (Å²) in [5.41, 5.74) is 0.837. The zero-order valence-corrected chi connectivity index (χ0v) is 12.9. The third-order valence-electron chi connectivity index (χ3n) is 4.03. The fourth-order valence-corrected chi connectivity index (χ4v) is 3.01. The van der Waals surface area contributed by atoms with Gasteiger partial charge in [-0.1, -0.05) is 25.0 Å². The molecule has 0 atom stereocenters. The van der Waals surface area contributed by atoms with E-state index in [1.54, 1.807) is 24.3 Å². The second kappa shape index (κ2) is 7.46. The van der Waals surface area contributed by atoms with E-state index in [2.05, 4.69) is 13.8 Å². The van der Waals surface area contributed by atoms with Crippen LogP contribution in [0.1, 0.15) is 45.1 Å². The number of aliphatic hydroxyl groups is 1. The van der Waals surface area contributed by atoms with Gasteiger partial charge in [0.1, 0.15) is 5.75 Å². The highest BCUT2D eigenvalue weighted by atomic mass is 16.5. The van der Waals surface area contributed by atoms with Crippen molar-refractivity contribution in [2.75, 3.05) is 6.61 Å². The summed E-state index contributed by atoms with van der Waals surface area (Å²) in [5, 5.41) is 9.00. The Labute approximate surface area is 126 Å². The topological polar surface area (TPSA) is 49.8 Å². The molecule has 1 aromatic rings. The minimum atomic E-state index is 0.0159. The van der Waals surface area contributed by atoms with E-state index in [0.717, 1.165) is 18.4 Å². The van der Waals surface area contributed by atoms with Crippen LogP contribution in [-0.4, -0.2) is 34.6 Å². The smallest absolute Gasteiger partial charge is 0.260 e. The number of carbonyl (C=O) groups excluding carboxylic acids is 1. The Morgan fingerprint density at radius 2 is 1.90 bits per heavy atom. The summed E-state index contributed by atoms with van der Waals surface area (Å²) in [4.78, 5) is 14.4. The van der Waals surface area contributed by atoms with E-state index in [4.69, 9.17) is 9.84 Å². The van der Waals surface area contributed by atoms with Crippen molar-refractivity contribution in [2.24, 2.45) is 0 Å². The van der Waals surface area contributed by atoms with Crippen molar-refractivity contribution in [3.63, 3.8) is 0 Å². The van der Waals surface area contributed by atoms with Crippen LogP contribution in [0, 0.1) is 0 Å². The molecule has 1 aliphatic carbocycles. The number of benzene rings is 1. The summed E-state index contributed by atoms with van der Waals surface area (Å²) >= 11 is 0. The minimum Gasteiger partial charge on any atom is -0.484 e. The second-order valence-electron chi connectivity index (χ2n) is 5.92. The summed E-state index contributed by atoms with van der Waals surface area (Å²) in [6, 6.07) is 7.76. The maximum absolute atomic E-state index is 12.4. The molecule has 0 saturated heterocycles. The maximum Gasteiger partial charge on any atom is 0.260 e. The van der Waals surface area contributed by atoms with Crippen molar-refractivity contribution in [2.45, 2.75) is 58.2 Å². The molecule has 116 valence electrons. The Kier molecular flexibility index (Phi) is 5.62. The van der Waals surface area contributed by atoms with E-state index in [1.807, 2.05) is 4.90 Å². The Morgan fingerprint density at radius 1 is 1.29 bits per heavy atom. The van der Waals surface area contributed by atoms with Crippen LogP contribution in [0.15, 0.2) is 24.3 Å². The molecular weight excluding hydrogens is 266 g/mol. The minimum absolute atomic E-state index is 0.0159. The van der Waals surface area contributed by atoms with Crippen LogP contribution in [0.5, 0.6) is 5.75 Å². The van der Waals surface area contributed by atoms with Gasteiger partial charge in [0.15, 0.2) is 6.61 Å². The van der Waals surface area contributed by atoms with Gasteiger partial charge in [-0.15, -0.1) is 0 Å². The van der Waals surface area contributed by atoms with Crippen LogP contribution in [-0.2, 0) is 11.4 Å². The lowest BCUT2D eigenvalue weighted by molar-refractivity contribution is -0.137. The van der Waals surface area contributed by atoms with E-state index in [0.29, 0.717) is 11.8 Å². The first-order valence-electron chi connectivity index (χ1n) is 7.75. The number of rotatable bonds is 6. The van der Waals surface area contributed by atoms with Gasteiger partial charge >= 0.3 is 0 Å². The molecule has 0 spiro atoms. The van der Waals surface area contributed by atoms with Crippen molar-refractivity contribution in [1.29, 1.82) is 0 Å². The van der Waals surface area contributed by atoms with Gasteiger partial charge in [-0.25, -0.2) is 0 Å². The Hall–Kier alpha value is -1.55. The van der Waals surface area contributed by atoms with Crippen LogP contribution >= 0.6 is 0 Å². The largest absolute Gasteiger partial charge is 0.484 e. The SMILES string of the molecule is CC(C)N(C(=O)COc1ccc(CO)cc1)C1CCCC1. The van der Waals surface area contributed by atoms with E-state index in [1.165, 1.54) is 12.8 Å². The summed E-state index contributed by atoms with van der Waals surface area (Å²) in [7, 11) is 0. The molecule has 1 fully saturated rings. The first kappa shape index (κ1) is 15.8.